The summed E-state index contributed by atoms with van der Waals surface area (Å²) in [7, 11) is 1.85. The van der Waals surface area contributed by atoms with E-state index in [0.29, 0.717) is 35.3 Å². The molecule has 4 nitrogen and oxygen atoms in total. The minimum absolute atomic E-state index is 0.275. The minimum atomic E-state index is -0.275. The van der Waals surface area contributed by atoms with Crippen molar-refractivity contribution in [1.82, 2.24) is 10.1 Å². The summed E-state index contributed by atoms with van der Waals surface area (Å²) in [4.78, 5) is 1.88. The number of benzene rings is 1. The molecule has 2 aromatic rings. The third-order valence-corrected chi connectivity index (χ3v) is 2.69. The lowest BCUT2D eigenvalue weighted by Gasteiger charge is -2.15. The van der Waals surface area contributed by atoms with Crippen LogP contribution in [0.3, 0.4) is 0 Å². The third kappa shape index (κ3) is 3.21. The lowest BCUT2D eigenvalue weighted by atomic mass is 10.2. The monoisotopic (exact) mass is 269 g/mol. The van der Waals surface area contributed by atoms with E-state index in [4.69, 9.17) is 21.9 Å². The van der Waals surface area contributed by atoms with Crippen molar-refractivity contribution in [2.24, 2.45) is 0 Å². The highest BCUT2D eigenvalue weighted by atomic mass is 35.5. The molecule has 0 fully saturated rings. The first-order valence-electron chi connectivity index (χ1n) is 5.38. The quantitative estimate of drug-likeness (QED) is 0.927. The summed E-state index contributed by atoms with van der Waals surface area (Å²) >= 11 is 5.83. The number of hydrogen-bond acceptors (Lipinski definition) is 4. The third-order valence-electron chi connectivity index (χ3n) is 2.45. The zero-order chi connectivity index (χ0) is 13.1. The van der Waals surface area contributed by atoms with Crippen LogP contribution in [0.2, 0.25) is 5.02 Å². The molecule has 2 N–H and O–H groups in total. The topological polar surface area (TPSA) is 55.3 Å². The SMILES string of the molecule is CN(Cc1cc(N)no1)Cc1cc(Cl)ccc1F. The molecule has 96 valence electrons. The molecule has 0 spiro atoms. The Hall–Kier alpha value is -1.59. The van der Waals surface area contributed by atoms with Gasteiger partial charge in [0.25, 0.3) is 0 Å². The summed E-state index contributed by atoms with van der Waals surface area (Å²) in [5, 5.41) is 4.11. The predicted molar refractivity (Wildman–Crippen MR) is 67.5 cm³/mol. The van der Waals surface area contributed by atoms with E-state index in [1.54, 1.807) is 12.1 Å². The van der Waals surface area contributed by atoms with E-state index < -0.39 is 0 Å². The lowest BCUT2D eigenvalue weighted by molar-refractivity contribution is 0.264. The van der Waals surface area contributed by atoms with Gasteiger partial charge in [-0.1, -0.05) is 16.8 Å². The van der Waals surface area contributed by atoms with Crippen LogP contribution in [0.15, 0.2) is 28.8 Å². The summed E-state index contributed by atoms with van der Waals surface area (Å²) in [6, 6.07) is 6.14. The van der Waals surface area contributed by atoms with Crippen LogP contribution >= 0.6 is 11.6 Å². The highest BCUT2D eigenvalue weighted by Crippen LogP contribution is 2.17. The van der Waals surface area contributed by atoms with Gasteiger partial charge in [-0.2, -0.15) is 0 Å². The average Bonchev–Trinajstić information content (AvgIpc) is 2.69. The van der Waals surface area contributed by atoms with Crippen LogP contribution < -0.4 is 5.73 Å². The van der Waals surface area contributed by atoms with Gasteiger partial charge in [0.2, 0.25) is 0 Å². The molecule has 0 saturated heterocycles. The maximum atomic E-state index is 13.5. The summed E-state index contributed by atoms with van der Waals surface area (Å²) in [5.74, 6) is 0.702. The van der Waals surface area contributed by atoms with E-state index in [2.05, 4.69) is 5.16 Å². The van der Waals surface area contributed by atoms with E-state index in [-0.39, 0.29) is 5.82 Å². The molecule has 1 aromatic carbocycles. The Balaban J connectivity index is 2.02. The first-order valence-corrected chi connectivity index (χ1v) is 5.76. The van der Waals surface area contributed by atoms with Crippen LogP contribution in [-0.4, -0.2) is 17.1 Å². The molecule has 6 heteroatoms. The zero-order valence-electron chi connectivity index (χ0n) is 9.86. The van der Waals surface area contributed by atoms with Gasteiger partial charge in [-0.05, 0) is 25.2 Å². The molecule has 1 aromatic heterocycles. The second kappa shape index (κ2) is 5.37. The normalized spacial score (nSPS) is 11.1. The zero-order valence-corrected chi connectivity index (χ0v) is 10.6. The number of nitrogens with zero attached hydrogens (tertiary/aromatic N) is 2. The van der Waals surface area contributed by atoms with Gasteiger partial charge in [0, 0.05) is 23.2 Å². The number of rotatable bonds is 4. The van der Waals surface area contributed by atoms with Crippen LogP contribution in [0.5, 0.6) is 0 Å². The van der Waals surface area contributed by atoms with Gasteiger partial charge in [-0.15, -0.1) is 0 Å². The average molecular weight is 270 g/mol. The molecule has 0 unspecified atom stereocenters. The van der Waals surface area contributed by atoms with E-state index >= 15 is 0 Å². The molecular formula is C12H13ClFN3O. The maximum absolute atomic E-state index is 13.5. The standard InChI is InChI=1S/C12H13ClFN3O/c1-17(7-10-5-12(15)16-18-10)6-8-4-9(13)2-3-11(8)14/h2-5H,6-7H2,1H3,(H2,15,16). The van der Waals surface area contributed by atoms with Crippen molar-refractivity contribution >= 4 is 17.4 Å². The van der Waals surface area contributed by atoms with Gasteiger partial charge in [-0.25, -0.2) is 4.39 Å². The second-order valence-corrected chi connectivity index (χ2v) is 4.56. The molecule has 18 heavy (non-hydrogen) atoms. The summed E-state index contributed by atoms with van der Waals surface area (Å²) in [5.41, 5.74) is 5.99. The Morgan fingerprint density at radius 3 is 2.83 bits per heavy atom. The van der Waals surface area contributed by atoms with Gasteiger partial charge in [0.15, 0.2) is 11.6 Å². The highest BCUT2D eigenvalue weighted by molar-refractivity contribution is 6.30. The maximum Gasteiger partial charge on any atom is 0.167 e. The molecule has 0 saturated carbocycles. The largest absolute Gasteiger partial charge is 0.381 e. The van der Waals surface area contributed by atoms with Crippen LogP contribution in [0.4, 0.5) is 10.2 Å². The number of halogens is 2. The van der Waals surface area contributed by atoms with E-state index in [0.717, 1.165) is 0 Å². The Morgan fingerprint density at radius 1 is 1.39 bits per heavy atom. The molecule has 0 bridgehead atoms. The fourth-order valence-corrected chi connectivity index (χ4v) is 1.88. The molecule has 0 amide bonds. The number of hydrogen-bond donors (Lipinski definition) is 1. The summed E-state index contributed by atoms with van der Waals surface area (Å²) in [6.45, 7) is 0.920. The summed E-state index contributed by atoms with van der Waals surface area (Å²) in [6.07, 6.45) is 0. The molecule has 0 radical (unpaired) electrons. The van der Waals surface area contributed by atoms with Crippen LogP contribution in [-0.2, 0) is 13.1 Å². The van der Waals surface area contributed by atoms with Crippen molar-refractivity contribution in [3.8, 4) is 0 Å². The van der Waals surface area contributed by atoms with Crippen molar-refractivity contribution < 1.29 is 8.91 Å². The Labute approximate surface area is 109 Å². The van der Waals surface area contributed by atoms with Crippen molar-refractivity contribution in [2.45, 2.75) is 13.1 Å². The van der Waals surface area contributed by atoms with Gasteiger partial charge in [-0.3, -0.25) is 4.90 Å². The van der Waals surface area contributed by atoms with Crippen molar-refractivity contribution in [3.63, 3.8) is 0 Å². The minimum Gasteiger partial charge on any atom is -0.381 e. The van der Waals surface area contributed by atoms with Gasteiger partial charge >= 0.3 is 0 Å². The smallest absolute Gasteiger partial charge is 0.167 e. The Kier molecular flexibility index (Phi) is 3.84. The predicted octanol–water partition coefficient (Wildman–Crippen LogP) is 2.68. The molecule has 1 heterocycles. The molecule has 2 rings (SSSR count). The molecule has 0 aliphatic heterocycles. The van der Waals surface area contributed by atoms with Crippen LogP contribution in [0, 0.1) is 5.82 Å². The first-order chi connectivity index (χ1) is 8.54. The number of nitrogens with two attached hydrogens (primary N) is 1. The van der Waals surface area contributed by atoms with Gasteiger partial charge in [0.05, 0.1) is 6.54 Å². The van der Waals surface area contributed by atoms with E-state index in [1.807, 2.05) is 11.9 Å². The van der Waals surface area contributed by atoms with Crippen molar-refractivity contribution in [2.75, 3.05) is 12.8 Å². The first kappa shape index (κ1) is 12.9. The van der Waals surface area contributed by atoms with Crippen molar-refractivity contribution in [1.29, 1.82) is 0 Å². The van der Waals surface area contributed by atoms with E-state index in [9.17, 15) is 4.39 Å². The van der Waals surface area contributed by atoms with Gasteiger partial charge in [0.1, 0.15) is 5.82 Å². The van der Waals surface area contributed by atoms with Crippen LogP contribution in [0.1, 0.15) is 11.3 Å². The second-order valence-electron chi connectivity index (χ2n) is 4.13. The molecule has 0 aliphatic carbocycles. The summed E-state index contributed by atoms with van der Waals surface area (Å²) < 4.78 is 18.5. The lowest BCUT2D eigenvalue weighted by Crippen LogP contribution is -2.17. The number of nitrogen functional groups attached to an aromatic ring is 1. The Bertz CT molecular complexity index is 544. The highest BCUT2D eigenvalue weighted by Gasteiger charge is 2.09. The van der Waals surface area contributed by atoms with Crippen LogP contribution in [0.25, 0.3) is 0 Å². The molecule has 0 aliphatic rings. The molecular weight excluding hydrogens is 257 g/mol. The van der Waals surface area contributed by atoms with E-state index in [1.165, 1.54) is 12.1 Å². The molecule has 0 atom stereocenters. The fraction of sp³-hybridized carbons (Fsp3) is 0.250. The number of anilines is 1. The van der Waals surface area contributed by atoms with Crippen molar-refractivity contribution in [3.05, 3.63) is 46.4 Å². The fourth-order valence-electron chi connectivity index (χ4n) is 1.68. The van der Waals surface area contributed by atoms with Gasteiger partial charge < -0.3 is 10.3 Å². The number of aromatic nitrogens is 1. The Morgan fingerprint density at radius 2 is 2.17 bits per heavy atom.